The zero-order valence-electron chi connectivity index (χ0n) is 18.3. The molecule has 1 aromatic heterocycles. The van der Waals surface area contributed by atoms with Gasteiger partial charge in [0.05, 0.1) is 6.54 Å². The molecule has 1 N–H and O–H groups in total. The van der Waals surface area contributed by atoms with E-state index in [1.807, 2.05) is 6.20 Å². The van der Waals surface area contributed by atoms with E-state index in [1.165, 1.54) is 0 Å². The fourth-order valence-electron chi connectivity index (χ4n) is 3.69. The van der Waals surface area contributed by atoms with Crippen LogP contribution in [0.4, 0.5) is 5.82 Å². The molecule has 0 aromatic carbocycles. The number of anilines is 1. The van der Waals surface area contributed by atoms with Crippen LogP contribution in [0, 0.1) is 5.41 Å². The Bertz CT molecular complexity index is 662. The first-order valence-corrected chi connectivity index (χ1v) is 10.2. The summed E-state index contributed by atoms with van der Waals surface area (Å²) < 4.78 is 0. The number of aliphatic imine (C=N–C) groups is 1. The first-order valence-electron chi connectivity index (χ1n) is 10.2. The molecule has 158 valence electrons. The van der Waals surface area contributed by atoms with Gasteiger partial charge in [0.15, 0.2) is 5.96 Å². The minimum atomic E-state index is 0. The maximum atomic E-state index is 4.89. The highest BCUT2D eigenvalue weighted by Gasteiger charge is 2.53. The number of likely N-dealkylation sites (tertiary alicyclic amines) is 1. The summed E-state index contributed by atoms with van der Waals surface area (Å²) in [5.74, 6) is 2.08. The van der Waals surface area contributed by atoms with E-state index in [0.29, 0.717) is 12.0 Å². The fraction of sp³-hybridized carbons (Fsp3) is 0.714. The van der Waals surface area contributed by atoms with Crippen molar-refractivity contribution in [3.05, 3.63) is 23.9 Å². The van der Waals surface area contributed by atoms with Crippen LogP contribution in [0.2, 0.25) is 0 Å². The number of pyridine rings is 1. The van der Waals surface area contributed by atoms with E-state index in [1.54, 1.807) is 0 Å². The highest BCUT2D eigenvalue weighted by Crippen LogP contribution is 2.46. The van der Waals surface area contributed by atoms with Crippen molar-refractivity contribution < 1.29 is 0 Å². The molecule has 2 aliphatic rings. The molecule has 0 amide bonds. The number of hydrogen-bond donors (Lipinski definition) is 1. The molecule has 0 spiro atoms. The second-order valence-electron chi connectivity index (χ2n) is 9.01. The van der Waals surface area contributed by atoms with Crippen molar-refractivity contribution in [3.8, 4) is 0 Å². The average molecular weight is 500 g/mol. The summed E-state index contributed by atoms with van der Waals surface area (Å²) in [5, 5.41) is 3.46. The Balaban J connectivity index is 0.00000280. The Morgan fingerprint density at radius 3 is 2.32 bits per heavy atom. The molecular formula is C21H37IN6. The summed E-state index contributed by atoms with van der Waals surface area (Å²) >= 11 is 0. The van der Waals surface area contributed by atoms with Crippen LogP contribution >= 0.6 is 24.0 Å². The first kappa shape index (κ1) is 23.2. The monoisotopic (exact) mass is 500 g/mol. The van der Waals surface area contributed by atoms with E-state index in [4.69, 9.17) is 4.99 Å². The summed E-state index contributed by atoms with van der Waals surface area (Å²) in [7, 11) is 2.17. The van der Waals surface area contributed by atoms with Gasteiger partial charge in [-0.15, -0.1) is 24.0 Å². The van der Waals surface area contributed by atoms with Gasteiger partial charge in [-0.1, -0.05) is 19.9 Å². The van der Waals surface area contributed by atoms with Crippen LogP contribution in [-0.2, 0) is 6.54 Å². The maximum absolute atomic E-state index is 4.89. The zero-order valence-corrected chi connectivity index (χ0v) is 20.7. The lowest BCUT2D eigenvalue weighted by molar-refractivity contribution is -0.0667. The molecular weight excluding hydrogens is 463 g/mol. The van der Waals surface area contributed by atoms with Crippen LogP contribution in [-0.4, -0.2) is 72.6 Å². The molecule has 2 aliphatic heterocycles. The van der Waals surface area contributed by atoms with Crippen molar-refractivity contribution in [2.75, 3.05) is 51.2 Å². The summed E-state index contributed by atoms with van der Waals surface area (Å²) in [4.78, 5) is 16.7. The number of nitrogens with zero attached hydrogens (tertiary/aromatic N) is 5. The molecule has 3 heterocycles. The summed E-state index contributed by atoms with van der Waals surface area (Å²) in [6.45, 7) is 18.2. The largest absolute Gasteiger partial charge is 0.356 e. The predicted octanol–water partition coefficient (Wildman–Crippen LogP) is 3.04. The van der Waals surface area contributed by atoms with Gasteiger partial charge in [0.2, 0.25) is 0 Å². The van der Waals surface area contributed by atoms with Crippen molar-refractivity contribution in [2.45, 2.75) is 46.7 Å². The van der Waals surface area contributed by atoms with Gasteiger partial charge in [0, 0.05) is 56.4 Å². The molecule has 7 heteroatoms. The molecule has 2 saturated heterocycles. The van der Waals surface area contributed by atoms with E-state index in [-0.39, 0.29) is 29.5 Å². The molecule has 6 nitrogen and oxygen atoms in total. The predicted molar refractivity (Wildman–Crippen MR) is 129 cm³/mol. The molecule has 0 unspecified atom stereocenters. The molecule has 0 radical (unpaired) electrons. The number of likely N-dealkylation sites (N-methyl/N-ethyl adjacent to an activating group) is 1. The van der Waals surface area contributed by atoms with Crippen LogP contribution in [0.1, 0.15) is 40.2 Å². The van der Waals surface area contributed by atoms with E-state index in [9.17, 15) is 0 Å². The van der Waals surface area contributed by atoms with E-state index in [0.717, 1.165) is 56.6 Å². The maximum Gasteiger partial charge on any atom is 0.194 e. The van der Waals surface area contributed by atoms with Crippen molar-refractivity contribution >= 4 is 35.8 Å². The minimum absolute atomic E-state index is 0. The molecule has 2 fully saturated rings. The topological polar surface area (TPSA) is 47.0 Å². The summed E-state index contributed by atoms with van der Waals surface area (Å²) in [6.07, 6.45) is 1.98. The number of halogens is 1. The van der Waals surface area contributed by atoms with E-state index in [2.05, 4.69) is 78.8 Å². The van der Waals surface area contributed by atoms with Crippen LogP contribution in [0.3, 0.4) is 0 Å². The number of hydrogen-bond acceptors (Lipinski definition) is 4. The molecule has 0 bridgehead atoms. The third kappa shape index (κ3) is 4.72. The van der Waals surface area contributed by atoms with Gasteiger partial charge in [-0.25, -0.2) is 9.98 Å². The second kappa shape index (κ2) is 9.15. The van der Waals surface area contributed by atoms with Crippen molar-refractivity contribution in [2.24, 2.45) is 10.4 Å². The third-order valence-electron chi connectivity index (χ3n) is 6.52. The second-order valence-corrected chi connectivity index (χ2v) is 9.01. The number of aromatic nitrogens is 1. The van der Waals surface area contributed by atoms with Crippen molar-refractivity contribution in [1.29, 1.82) is 0 Å². The molecule has 0 aliphatic carbocycles. The highest BCUT2D eigenvalue weighted by molar-refractivity contribution is 14.0. The molecule has 0 atom stereocenters. The first-order chi connectivity index (χ1) is 12.7. The summed E-state index contributed by atoms with van der Waals surface area (Å²) in [5.41, 5.74) is 1.56. The normalized spacial score (nSPS) is 21.7. The van der Waals surface area contributed by atoms with Crippen LogP contribution in [0.5, 0.6) is 0 Å². The van der Waals surface area contributed by atoms with Crippen LogP contribution < -0.4 is 10.2 Å². The Morgan fingerprint density at radius 1 is 1.14 bits per heavy atom. The smallest absolute Gasteiger partial charge is 0.194 e. The molecule has 1 aromatic rings. The lowest BCUT2D eigenvalue weighted by Crippen LogP contribution is -2.72. The number of guanidine groups is 1. The van der Waals surface area contributed by atoms with Crippen molar-refractivity contribution in [3.63, 3.8) is 0 Å². The quantitative estimate of drug-likeness (QED) is 0.392. The van der Waals surface area contributed by atoms with Gasteiger partial charge in [-0.3, -0.25) is 0 Å². The zero-order chi connectivity index (χ0) is 19.7. The van der Waals surface area contributed by atoms with Crippen molar-refractivity contribution in [1.82, 2.24) is 20.1 Å². The Morgan fingerprint density at radius 2 is 1.82 bits per heavy atom. The van der Waals surface area contributed by atoms with Gasteiger partial charge in [-0.2, -0.15) is 0 Å². The van der Waals surface area contributed by atoms with Gasteiger partial charge in [0.25, 0.3) is 0 Å². The van der Waals surface area contributed by atoms with E-state index < -0.39 is 0 Å². The molecule has 0 saturated carbocycles. The lowest BCUT2D eigenvalue weighted by Gasteiger charge is -2.62. The lowest BCUT2D eigenvalue weighted by atomic mass is 9.65. The Labute approximate surface area is 187 Å². The standard InChI is InChI=1S/C21H36N6.HI/c1-7-22-19(27-16-20(2,3)21(27,4)5)24-15-17-8-9-18(23-14-17)26-12-10-25(6)11-13-26;/h8-9,14H,7,10-13,15-16H2,1-6H3,(H,22,24);1H. The Kier molecular flexibility index (Phi) is 7.58. The highest BCUT2D eigenvalue weighted by atomic mass is 127. The minimum Gasteiger partial charge on any atom is -0.356 e. The number of rotatable bonds is 4. The number of nitrogens with one attached hydrogen (secondary N) is 1. The van der Waals surface area contributed by atoms with Gasteiger partial charge in [-0.05, 0) is 39.4 Å². The van der Waals surface area contributed by atoms with Crippen LogP contribution in [0.15, 0.2) is 23.3 Å². The third-order valence-corrected chi connectivity index (χ3v) is 6.52. The molecule has 3 rings (SSSR count). The van der Waals surface area contributed by atoms with Gasteiger partial charge in [0.1, 0.15) is 5.82 Å². The number of piperazine rings is 1. The van der Waals surface area contributed by atoms with Gasteiger partial charge >= 0.3 is 0 Å². The fourth-order valence-corrected chi connectivity index (χ4v) is 3.69. The average Bonchev–Trinajstić information content (AvgIpc) is 2.64. The van der Waals surface area contributed by atoms with Crippen LogP contribution in [0.25, 0.3) is 0 Å². The van der Waals surface area contributed by atoms with E-state index >= 15 is 0 Å². The van der Waals surface area contributed by atoms with Gasteiger partial charge < -0.3 is 20.0 Å². The Hall–Kier alpha value is -1.09. The molecule has 28 heavy (non-hydrogen) atoms. The summed E-state index contributed by atoms with van der Waals surface area (Å²) in [6, 6.07) is 4.30. The SMILES string of the molecule is CCNC(=NCc1ccc(N2CCN(C)CC2)nc1)N1CC(C)(C)C1(C)C.I.